The Hall–Kier alpha value is -1.36. The highest BCUT2D eigenvalue weighted by molar-refractivity contribution is 9.10. The van der Waals surface area contributed by atoms with Crippen LogP contribution in [0.5, 0.6) is 0 Å². The molecule has 0 aliphatic rings. The van der Waals surface area contributed by atoms with Crippen LogP contribution in [0.2, 0.25) is 0 Å². The summed E-state index contributed by atoms with van der Waals surface area (Å²) in [6.45, 7) is 1.66. The Morgan fingerprint density at radius 3 is 2.73 bits per heavy atom. The van der Waals surface area contributed by atoms with E-state index in [1.54, 1.807) is 19.1 Å². The van der Waals surface area contributed by atoms with Gasteiger partial charge in [0, 0.05) is 0 Å². The number of halogens is 2. The minimum atomic E-state index is -0.519. The first-order valence-electron chi connectivity index (χ1n) is 4.22. The van der Waals surface area contributed by atoms with Crippen LogP contribution in [-0.4, -0.2) is 4.57 Å². The summed E-state index contributed by atoms with van der Waals surface area (Å²) in [6.07, 6.45) is 1.52. The topological polar surface area (TPSA) is 35.1 Å². The minimum absolute atomic E-state index is 0.361. The highest BCUT2D eigenvalue weighted by Crippen LogP contribution is 2.18. The van der Waals surface area contributed by atoms with Gasteiger partial charge in [-0.2, -0.15) is 0 Å². The number of benzene rings is 1. The number of hydrogen-bond donors (Lipinski definition) is 0. The van der Waals surface area contributed by atoms with E-state index in [1.807, 2.05) is 0 Å². The van der Waals surface area contributed by atoms with E-state index in [9.17, 15) is 9.18 Å². The molecule has 15 heavy (non-hydrogen) atoms. The Labute approximate surface area is 93.3 Å². The van der Waals surface area contributed by atoms with Gasteiger partial charge in [-0.15, -0.1) is 0 Å². The molecule has 0 bridgehead atoms. The van der Waals surface area contributed by atoms with E-state index in [0.29, 0.717) is 15.9 Å². The number of aromatic nitrogens is 1. The fraction of sp³-hybridized carbons (Fsp3) is 0.100. The van der Waals surface area contributed by atoms with Crippen molar-refractivity contribution >= 4 is 15.9 Å². The Balaban J connectivity index is 2.59. The summed E-state index contributed by atoms with van der Waals surface area (Å²) in [6, 6.07) is 4.43. The molecule has 78 valence electrons. The number of rotatable bonds is 1. The Morgan fingerprint density at radius 1 is 1.47 bits per heavy atom. The van der Waals surface area contributed by atoms with E-state index in [-0.39, 0.29) is 0 Å². The predicted octanol–water partition coefficient (Wildman–Crippen LogP) is 2.64. The lowest BCUT2D eigenvalue weighted by Gasteiger charge is -2.00. The molecule has 5 heteroatoms. The van der Waals surface area contributed by atoms with Crippen LogP contribution in [0.3, 0.4) is 0 Å². The maximum absolute atomic E-state index is 13.2. The summed E-state index contributed by atoms with van der Waals surface area (Å²) in [5, 5.41) is 0. The molecule has 0 amide bonds. The fourth-order valence-corrected chi connectivity index (χ4v) is 1.51. The zero-order valence-corrected chi connectivity index (χ0v) is 9.42. The van der Waals surface area contributed by atoms with Crippen LogP contribution in [0, 0.1) is 12.7 Å². The molecule has 0 spiro atoms. The molecule has 0 atom stereocenters. The Bertz CT molecular complexity index is 559. The van der Waals surface area contributed by atoms with Crippen molar-refractivity contribution in [3.63, 3.8) is 0 Å². The average molecular weight is 272 g/mol. The maximum Gasteiger partial charge on any atom is 0.423 e. The van der Waals surface area contributed by atoms with Crippen molar-refractivity contribution in [2.45, 2.75) is 6.92 Å². The van der Waals surface area contributed by atoms with Crippen LogP contribution >= 0.6 is 15.9 Å². The van der Waals surface area contributed by atoms with Crippen molar-refractivity contribution in [2.75, 3.05) is 0 Å². The number of oxazole rings is 1. The van der Waals surface area contributed by atoms with Crippen LogP contribution in [0.1, 0.15) is 5.76 Å². The molecule has 3 nitrogen and oxygen atoms in total. The number of nitrogens with zero attached hydrogens (tertiary/aromatic N) is 1. The average Bonchev–Trinajstić information content (AvgIpc) is 2.50. The summed E-state index contributed by atoms with van der Waals surface area (Å²) in [7, 11) is 0. The molecule has 0 saturated carbocycles. The van der Waals surface area contributed by atoms with Crippen LogP contribution < -0.4 is 5.76 Å². The molecule has 0 radical (unpaired) electrons. The largest absolute Gasteiger partial charge is 0.423 e. The normalized spacial score (nSPS) is 10.6. The van der Waals surface area contributed by atoms with Gasteiger partial charge >= 0.3 is 5.76 Å². The van der Waals surface area contributed by atoms with Gasteiger partial charge in [-0.05, 0) is 41.1 Å². The van der Waals surface area contributed by atoms with Crippen LogP contribution in [0.25, 0.3) is 5.69 Å². The van der Waals surface area contributed by atoms with Gasteiger partial charge in [-0.1, -0.05) is 0 Å². The second-order valence-electron chi connectivity index (χ2n) is 3.08. The lowest BCUT2D eigenvalue weighted by atomic mass is 10.3. The summed E-state index contributed by atoms with van der Waals surface area (Å²) < 4.78 is 19.6. The van der Waals surface area contributed by atoms with Gasteiger partial charge in [0.25, 0.3) is 0 Å². The molecule has 1 aromatic carbocycles. The molecular formula is C10H7BrFNO2. The molecular weight excluding hydrogens is 265 g/mol. The van der Waals surface area contributed by atoms with Crippen molar-refractivity contribution in [2.24, 2.45) is 0 Å². The van der Waals surface area contributed by atoms with Crippen molar-refractivity contribution in [1.29, 1.82) is 0 Å². The second kappa shape index (κ2) is 3.66. The SMILES string of the molecule is Cc1cn(-c2ccc(Br)c(F)c2)c(=O)o1. The van der Waals surface area contributed by atoms with Gasteiger partial charge in [0.1, 0.15) is 11.6 Å². The van der Waals surface area contributed by atoms with Crippen LogP contribution in [0.4, 0.5) is 4.39 Å². The van der Waals surface area contributed by atoms with E-state index in [0.717, 1.165) is 0 Å². The Kier molecular flexibility index (Phi) is 2.48. The summed E-state index contributed by atoms with van der Waals surface area (Å²) in [4.78, 5) is 11.3. The fourth-order valence-electron chi connectivity index (χ4n) is 1.26. The lowest BCUT2D eigenvalue weighted by molar-refractivity contribution is 0.479. The molecule has 1 aromatic heterocycles. The molecule has 0 aliphatic carbocycles. The van der Waals surface area contributed by atoms with Crippen molar-refractivity contribution < 1.29 is 8.81 Å². The van der Waals surface area contributed by atoms with Gasteiger partial charge in [-0.25, -0.2) is 13.8 Å². The predicted molar refractivity (Wildman–Crippen MR) is 56.7 cm³/mol. The number of aryl methyl sites for hydroxylation is 1. The standard InChI is InChI=1S/C10H7BrFNO2/c1-6-5-13(10(14)15-6)7-2-3-8(11)9(12)4-7/h2-5H,1H3. The first-order valence-corrected chi connectivity index (χ1v) is 5.02. The molecule has 0 unspecified atom stereocenters. The third-order valence-electron chi connectivity index (χ3n) is 1.94. The summed E-state index contributed by atoms with van der Waals surface area (Å²) >= 11 is 3.04. The van der Waals surface area contributed by atoms with E-state index in [4.69, 9.17) is 4.42 Å². The quantitative estimate of drug-likeness (QED) is 0.799. The van der Waals surface area contributed by atoms with E-state index < -0.39 is 11.6 Å². The third kappa shape index (κ3) is 1.87. The van der Waals surface area contributed by atoms with Crippen molar-refractivity contribution in [3.05, 3.63) is 51.0 Å². The smallest absolute Gasteiger partial charge is 0.413 e. The third-order valence-corrected chi connectivity index (χ3v) is 2.58. The lowest BCUT2D eigenvalue weighted by Crippen LogP contribution is -2.10. The first kappa shape index (κ1) is 10.2. The minimum Gasteiger partial charge on any atom is -0.413 e. The molecule has 1 heterocycles. The zero-order chi connectivity index (χ0) is 11.0. The molecule has 2 aromatic rings. The molecule has 0 aliphatic heterocycles. The highest BCUT2D eigenvalue weighted by atomic mass is 79.9. The monoisotopic (exact) mass is 271 g/mol. The first-order chi connectivity index (χ1) is 7.08. The summed E-state index contributed by atoms with van der Waals surface area (Å²) in [5.74, 6) is -0.448. The van der Waals surface area contributed by atoms with Crippen molar-refractivity contribution in [3.8, 4) is 5.69 Å². The highest BCUT2D eigenvalue weighted by Gasteiger charge is 2.07. The molecule has 0 saturated heterocycles. The van der Waals surface area contributed by atoms with Gasteiger partial charge in [0.05, 0.1) is 16.4 Å². The molecule has 2 rings (SSSR count). The van der Waals surface area contributed by atoms with Gasteiger partial charge in [0.15, 0.2) is 0 Å². The van der Waals surface area contributed by atoms with Gasteiger partial charge < -0.3 is 4.42 Å². The van der Waals surface area contributed by atoms with Gasteiger partial charge in [0.2, 0.25) is 0 Å². The summed E-state index contributed by atoms with van der Waals surface area (Å²) in [5.41, 5.74) is 0.442. The van der Waals surface area contributed by atoms with Gasteiger partial charge in [-0.3, -0.25) is 0 Å². The number of hydrogen-bond acceptors (Lipinski definition) is 2. The van der Waals surface area contributed by atoms with Crippen molar-refractivity contribution in [1.82, 2.24) is 4.57 Å². The van der Waals surface area contributed by atoms with E-state index >= 15 is 0 Å². The zero-order valence-electron chi connectivity index (χ0n) is 7.83. The molecule has 0 fully saturated rings. The van der Waals surface area contributed by atoms with Crippen LogP contribution in [0.15, 0.2) is 38.1 Å². The van der Waals surface area contributed by atoms with E-state index in [1.165, 1.54) is 16.8 Å². The Morgan fingerprint density at radius 2 is 2.20 bits per heavy atom. The maximum atomic E-state index is 13.2. The second-order valence-corrected chi connectivity index (χ2v) is 3.93. The van der Waals surface area contributed by atoms with E-state index in [2.05, 4.69) is 15.9 Å². The molecule has 0 N–H and O–H groups in total. The van der Waals surface area contributed by atoms with Crippen LogP contribution in [-0.2, 0) is 0 Å².